The van der Waals surface area contributed by atoms with E-state index >= 15 is 0 Å². The fourth-order valence-electron chi connectivity index (χ4n) is 1.65. The van der Waals surface area contributed by atoms with E-state index in [1.54, 1.807) is 4.90 Å². The summed E-state index contributed by atoms with van der Waals surface area (Å²) < 4.78 is 5.27. The van der Waals surface area contributed by atoms with Crippen molar-refractivity contribution in [2.75, 3.05) is 6.54 Å². The van der Waals surface area contributed by atoms with Crippen LogP contribution in [0.15, 0.2) is 0 Å². The lowest BCUT2D eigenvalue weighted by atomic mass is 10.2. The van der Waals surface area contributed by atoms with Gasteiger partial charge in [-0.15, -0.1) is 0 Å². The third-order valence-corrected chi connectivity index (χ3v) is 2.24. The summed E-state index contributed by atoms with van der Waals surface area (Å²) in [4.78, 5) is 13.4. The molecule has 1 saturated heterocycles. The Morgan fingerprint density at radius 1 is 1.50 bits per heavy atom. The summed E-state index contributed by atoms with van der Waals surface area (Å²) in [7, 11) is 0. The van der Waals surface area contributed by atoms with E-state index in [1.807, 2.05) is 27.7 Å². The lowest BCUT2D eigenvalue weighted by molar-refractivity contribution is 0.0237. The molecule has 1 fully saturated rings. The molecule has 0 saturated carbocycles. The third kappa shape index (κ3) is 2.87. The highest BCUT2D eigenvalue weighted by molar-refractivity contribution is 5.69. The summed E-state index contributed by atoms with van der Waals surface area (Å²) in [5, 5.41) is 0. The third-order valence-electron chi connectivity index (χ3n) is 2.24. The number of carbonyl (C=O) groups excluding carboxylic acids is 1. The summed E-state index contributed by atoms with van der Waals surface area (Å²) in [5.41, 5.74) is 5.34. The molecule has 2 N–H and O–H groups in total. The highest BCUT2D eigenvalue weighted by Gasteiger charge is 2.33. The molecule has 14 heavy (non-hydrogen) atoms. The number of carbonyl (C=O) groups is 1. The van der Waals surface area contributed by atoms with Crippen molar-refractivity contribution < 1.29 is 9.53 Å². The van der Waals surface area contributed by atoms with Crippen molar-refractivity contribution in [1.82, 2.24) is 4.90 Å². The van der Waals surface area contributed by atoms with Gasteiger partial charge in [0.05, 0.1) is 0 Å². The highest BCUT2D eigenvalue weighted by Crippen LogP contribution is 2.19. The molecule has 1 aliphatic rings. The van der Waals surface area contributed by atoms with Gasteiger partial charge in [0.2, 0.25) is 0 Å². The van der Waals surface area contributed by atoms with Crippen LogP contribution >= 0.6 is 0 Å². The average molecular weight is 200 g/mol. The molecule has 0 spiro atoms. The fraction of sp³-hybridized carbons (Fsp3) is 0.900. The van der Waals surface area contributed by atoms with Gasteiger partial charge in [0.1, 0.15) is 5.60 Å². The molecule has 0 aliphatic carbocycles. The van der Waals surface area contributed by atoms with Crippen molar-refractivity contribution in [2.45, 2.75) is 51.8 Å². The normalized spacial score (nSPS) is 27.9. The van der Waals surface area contributed by atoms with Crippen molar-refractivity contribution in [3.8, 4) is 0 Å². The number of ether oxygens (including phenoxy) is 1. The summed E-state index contributed by atoms with van der Waals surface area (Å²) in [6, 6.07) is 0.289. The van der Waals surface area contributed by atoms with Gasteiger partial charge >= 0.3 is 6.09 Å². The van der Waals surface area contributed by atoms with Crippen LogP contribution in [0.4, 0.5) is 4.79 Å². The predicted molar refractivity (Wildman–Crippen MR) is 55.0 cm³/mol. The van der Waals surface area contributed by atoms with Gasteiger partial charge in [0.15, 0.2) is 0 Å². The Balaban J connectivity index is 2.53. The molecule has 1 heterocycles. The summed E-state index contributed by atoms with van der Waals surface area (Å²) in [5.74, 6) is 0. The lowest BCUT2D eigenvalue weighted by Crippen LogP contribution is -2.39. The van der Waals surface area contributed by atoms with Crippen LogP contribution in [-0.4, -0.2) is 35.2 Å². The lowest BCUT2D eigenvalue weighted by Gasteiger charge is -2.26. The van der Waals surface area contributed by atoms with E-state index in [-0.39, 0.29) is 18.2 Å². The largest absolute Gasteiger partial charge is 0.444 e. The molecule has 1 aliphatic heterocycles. The maximum atomic E-state index is 11.7. The Morgan fingerprint density at radius 3 is 2.43 bits per heavy atom. The van der Waals surface area contributed by atoms with Gasteiger partial charge in [0.25, 0.3) is 0 Å². The number of hydrogen-bond acceptors (Lipinski definition) is 3. The number of nitrogens with zero attached hydrogens (tertiary/aromatic N) is 1. The molecule has 4 nitrogen and oxygen atoms in total. The van der Waals surface area contributed by atoms with Crippen LogP contribution in [0.25, 0.3) is 0 Å². The summed E-state index contributed by atoms with van der Waals surface area (Å²) in [6.45, 7) is 8.20. The van der Waals surface area contributed by atoms with Gasteiger partial charge in [-0.2, -0.15) is 0 Å². The van der Waals surface area contributed by atoms with E-state index in [0.29, 0.717) is 6.54 Å². The number of likely N-dealkylation sites (tertiary alicyclic amines) is 1. The maximum absolute atomic E-state index is 11.7. The van der Waals surface area contributed by atoms with E-state index in [9.17, 15) is 4.79 Å². The Kier molecular flexibility index (Phi) is 3.04. The number of amides is 1. The average Bonchev–Trinajstić information content (AvgIpc) is 2.26. The first-order chi connectivity index (χ1) is 6.29. The Bertz CT molecular complexity index is 223. The maximum Gasteiger partial charge on any atom is 0.410 e. The van der Waals surface area contributed by atoms with Crippen molar-refractivity contribution in [3.05, 3.63) is 0 Å². The topological polar surface area (TPSA) is 55.6 Å². The first-order valence-corrected chi connectivity index (χ1v) is 5.05. The van der Waals surface area contributed by atoms with Crippen LogP contribution < -0.4 is 5.73 Å². The van der Waals surface area contributed by atoms with E-state index in [0.717, 1.165) is 6.42 Å². The fourth-order valence-corrected chi connectivity index (χ4v) is 1.65. The Morgan fingerprint density at radius 2 is 2.07 bits per heavy atom. The molecule has 0 aromatic heterocycles. The van der Waals surface area contributed by atoms with E-state index in [2.05, 4.69) is 0 Å². The van der Waals surface area contributed by atoms with Crippen LogP contribution in [0, 0.1) is 0 Å². The summed E-state index contributed by atoms with van der Waals surface area (Å²) >= 11 is 0. The second-order valence-electron chi connectivity index (χ2n) is 4.98. The predicted octanol–water partition coefficient (Wildman–Crippen LogP) is 1.34. The smallest absolute Gasteiger partial charge is 0.410 e. The van der Waals surface area contributed by atoms with E-state index in [4.69, 9.17) is 10.5 Å². The molecule has 82 valence electrons. The van der Waals surface area contributed by atoms with Gasteiger partial charge in [0, 0.05) is 18.6 Å². The Labute approximate surface area is 85.4 Å². The molecular weight excluding hydrogens is 180 g/mol. The van der Waals surface area contributed by atoms with Crippen LogP contribution in [0.3, 0.4) is 0 Å². The monoisotopic (exact) mass is 200 g/mol. The Hall–Kier alpha value is -0.770. The number of nitrogens with two attached hydrogens (primary N) is 1. The quantitative estimate of drug-likeness (QED) is 0.642. The first kappa shape index (κ1) is 11.3. The van der Waals surface area contributed by atoms with Gasteiger partial charge in [-0.05, 0) is 34.1 Å². The van der Waals surface area contributed by atoms with Crippen molar-refractivity contribution in [3.63, 3.8) is 0 Å². The van der Waals surface area contributed by atoms with Crippen LogP contribution in [0.1, 0.15) is 34.1 Å². The van der Waals surface area contributed by atoms with Crippen LogP contribution in [0.5, 0.6) is 0 Å². The minimum Gasteiger partial charge on any atom is -0.444 e. The number of hydrogen-bond donors (Lipinski definition) is 1. The highest BCUT2D eigenvalue weighted by atomic mass is 16.6. The molecular formula is C10H20N2O2. The zero-order valence-corrected chi connectivity index (χ0v) is 9.41. The SMILES string of the molecule is CC1C[C@@H](N)CN1C(=O)OC(C)(C)C. The molecule has 0 bridgehead atoms. The molecule has 4 heteroatoms. The van der Waals surface area contributed by atoms with E-state index in [1.165, 1.54) is 0 Å². The molecule has 0 aromatic rings. The first-order valence-electron chi connectivity index (χ1n) is 5.05. The standard InChI is InChI=1S/C10H20N2O2/c1-7-5-8(11)6-12(7)9(13)14-10(2,3)4/h7-8H,5-6,11H2,1-4H3/t7?,8-/m1/s1. The zero-order chi connectivity index (χ0) is 10.9. The van der Waals surface area contributed by atoms with Crippen molar-refractivity contribution in [1.29, 1.82) is 0 Å². The molecule has 0 aromatic carbocycles. The van der Waals surface area contributed by atoms with E-state index < -0.39 is 5.60 Å². The second-order valence-corrected chi connectivity index (χ2v) is 4.98. The molecule has 1 unspecified atom stereocenters. The second kappa shape index (κ2) is 3.77. The molecule has 1 rings (SSSR count). The minimum absolute atomic E-state index is 0.0949. The number of rotatable bonds is 0. The summed E-state index contributed by atoms with van der Waals surface area (Å²) in [6.07, 6.45) is 0.608. The van der Waals surface area contributed by atoms with Crippen molar-refractivity contribution >= 4 is 6.09 Å². The van der Waals surface area contributed by atoms with Gasteiger partial charge < -0.3 is 15.4 Å². The van der Waals surface area contributed by atoms with Crippen LogP contribution in [0.2, 0.25) is 0 Å². The van der Waals surface area contributed by atoms with Crippen molar-refractivity contribution in [2.24, 2.45) is 5.73 Å². The molecule has 2 atom stereocenters. The minimum atomic E-state index is -0.427. The molecule has 1 amide bonds. The van der Waals surface area contributed by atoms with Crippen LogP contribution in [-0.2, 0) is 4.74 Å². The van der Waals surface area contributed by atoms with Gasteiger partial charge in [-0.25, -0.2) is 4.79 Å². The van der Waals surface area contributed by atoms with Gasteiger partial charge in [-0.3, -0.25) is 0 Å². The zero-order valence-electron chi connectivity index (χ0n) is 9.41. The molecule has 0 radical (unpaired) electrons. The van der Waals surface area contributed by atoms with Gasteiger partial charge in [-0.1, -0.05) is 0 Å².